The summed E-state index contributed by atoms with van der Waals surface area (Å²) >= 11 is 4.74. The van der Waals surface area contributed by atoms with Crippen LogP contribution in [-0.2, 0) is 0 Å². The van der Waals surface area contributed by atoms with Crippen molar-refractivity contribution >= 4 is 33.5 Å². The molecule has 0 aliphatic rings. The van der Waals surface area contributed by atoms with Gasteiger partial charge in [0.1, 0.15) is 11.7 Å². The van der Waals surface area contributed by atoms with Gasteiger partial charge in [-0.25, -0.2) is 4.39 Å². The van der Waals surface area contributed by atoms with E-state index in [1.807, 2.05) is 24.3 Å². The van der Waals surface area contributed by atoms with Gasteiger partial charge >= 0.3 is 0 Å². The Kier molecular flexibility index (Phi) is 4.04. The number of nitrogens with two attached hydrogens (primary N) is 1. The topological polar surface area (TPSA) is 49.9 Å². The number of benzene rings is 2. The van der Waals surface area contributed by atoms with Gasteiger partial charge in [0.05, 0.1) is 5.56 Å². The molecule has 2 rings (SSSR count). The second-order valence-corrected chi connectivity index (χ2v) is 5.61. The Bertz CT molecular complexity index is 584. The van der Waals surface area contributed by atoms with Gasteiger partial charge in [0.15, 0.2) is 0 Å². The first kappa shape index (κ1) is 13.1. The average Bonchev–Trinajstić information content (AvgIpc) is 2.32. The standard InChI is InChI=1S/C13H10BrFN2S/c14-8-4-6-9(7-5-8)18-11-3-1-2-10(15)12(11)13(16)17/h1-7H,(H3,16,17). The minimum atomic E-state index is -0.468. The van der Waals surface area contributed by atoms with E-state index in [0.29, 0.717) is 4.90 Å². The monoisotopic (exact) mass is 324 g/mol. The van der Waals surface area contributed by atoms with Gasteiger partial charge in [0.25, 0.3) is 0 Å². The first-order valence-corrected chi connectivity index (χ1v) is 6.75. The molecule has 5 heteroatoms. The van der Waals surface area contributed by atoms with Gasteiger partial charge in [0.2, 0.25) is 0 Å². The third-order valence-electron chi connectivity index (χ3n) is 2.29. The van der Waals surface area contributed by atoms with Crippen LogP contribution in [0.15, 0.2) is 56.7 Å². The Morgan fingerprint density at radius 3 is 2.44 bits per heavy atom. The molecule has 0 saturated carbocycles. The number of nitrogens with one attached hydrogen (secondary N) is 1. The molecule has 0 atom stereocenters. The van der Waals surface area contributed by atoms with E-state index in [0.717, 1.165) is 9.37 Å². The van der Waals surface area contributed by atoms with E-state index < -0.39 is 5.82 Å². The number of amidine groups is 1. The lowest BCUT2D eigenvalue weighted by molar-refractivity contribution is 0.621. The molecule has 3 N–H and O–H groups in total. The third kappa shape index (κ3) is 2.91. The highest BCUT2D eigenvalue weighted by Gasteiger charge is 2.12. The van der Waals surface area contributed by atoms with Gasteiger partial charge in [-0.1, -0.05) is 33.8 Å². The van der Waals surface area contributed by atoms with Crippen molar-refractivity contribution in [2.45, 2.75) is 9.79 Å². The van der Waals surface area contributed by atoms with E-state index in [1.165, 1.54) is 17.8 Å². The van der Waals surface area contributed by atoms with E-state index in [2.05, 4.69) is 15.9 Å². The van der Waals surface area contributed by atoms with Gasteiger partial charge in [-0.15, -0.1) is 0 Å². The summed E-state index contributed by atoms with van der Waals surface area (Å²) in [5, 5.41) is 7.43. The predicted molar refractivity (Wildman–Crippen MR) is 75.7 cm³/mol. The summed E-state index contributed by atoms with van der Waals surface area (Å²) in [6.07, 6.45) is 0. The molecular weight excluding hydrogens is 315 g/mol. The van der Waals surface area contributed by atoms with E-state index in [1.54, 1.807) is 12.1 Å². The molecule has 92 valence electrons. The molecule has 18 heavy (non-hydrogen) atoms. The van der Waals surface area contributed by atoms with Gasteiger partial charge in [0, 0.05) is 14.3 Å². The Balaban J connectivity index is 2.37. The average molecular weight is 325 g/mol. The molecule has 0 aliphatic carbocycles. The zero-order chi connectivity index (χ0) is 13.1. The molecule has 0 aromatic heterocycles. The van der Waals surface area contributed by atoms with Crippen LogP contribution in [-0.4, -0.2) is 5.84 Å². The Labute approximate surface area is 117 Å². The number of halogens is 2. The van der Waals surface area contributed by atoms with E-state index in [4.69, 9.17) is 11.1 Å². The molecule has 0 amide bonds. The zero-order valence-electron chi connectivity index (χ0n) is 9.28. The summed E-state index contributed by atoms with van der Waals surface area (Å²) in [7, 11) is 0. The van der Waals surface area contributed by atoms with Crippen molar-refractivity contribution in [1.29, 1.82) is 5.41 Å². The van der Waals surface area contributed by atoms with Crippen LogP contribution in [0.1, 0.15) is 5.56 Å². The van der Waals surface area contributed by atoms with Gasteiger partial charge in [-0.05, 0) is 36.4 Å². The maximum Gasteiger partial charge on any atom is 0.135 e. The lowest BCUT2D eigenvalue weighted by atomic mass is 10.2. The molecule has 2 aromatic carbocycles. The lowest BCUT2D eigenvalue weighted by Gasteiger charge is -2.08. The number of hydrogen-bond donors (Lipinski definition) is 2. The smallest absolute Gasteiger partial charge is 0.135 e. The van der Waals surface area contributed by atoms with E-state index in [9.17, 15) is 4.39 Å². The van der Waals surface area contributed by atoms with Gasteiger partial charge in [-0.3, -0.25) is 5.41 Å². The van der Waals surface area contributed by atoms with Crippen LogP contribution in [0.3, 0.4) is 0 Å². The summed E-state index contributed by atoms with van der Waals surface area (Å²) in [5.74, 6) is -0.725. The molecular formula is C13H10BrFN2S. The van der Waals surface area contributed by atoms with Gasteiger partial charge in [-0.2, -0.15) is 0 Å². The minimum Gasteiger partial charge on any atom is -0.384 e. The normalized spacial score (nSPS) is 10.3. The number of hydrogen-bond acceptors (Lipinski definition) is 2. The largest absolute Gasteiger partial charge is 0.384 e. The zero-order valence-corrected chi connectivity index (χ0v) is 11.7. The first-order valence-electron chi connectivity index (χ1n) is 5.14. The predicted octanol–water partition coefficient (Wildman–Crippen LogP) is 4.02. The Morgan fingerprint density at radius 1 is 1.17 bits per heavy atom. The highest BCUT2D eigenvalue weighted by atomic mass is 79.9. The fraction of sp³-hybridized carbons (Fsp3) is 0. The fourth-order valence-electron chi connectivity index (χ4n) is 1.48. The lowest BCUT2D eigenvalue weighted by Crippen LogP contribution is -2.14. The molecule has 0 fully saturated rings. The maximum atomic E-state index is 13.6. The molecule has 0 aliphatic heterocycles. The van der Waals surface area contributed by atoms with Crippen molar-refractivity contribution in [2.24, 2.45) is 5.73 Å². The molecule has 0 unspecified atom stereocenters. The Hall–Kier alpha value is -1.33. The minimum absolute atomic E-state index is 0.158. The van der Waals surface area contributed by atoms with Crippen molar-refractivity contribution < 1.29 is 4.39 Å². The van der Waals surface area contributed by atoms with Crippen molar-refractivity contribution in [3.8, 4) is 0 Å². The van der Waals surface area contributed by atoms with E-state index >= 15 is 0 Å². The molecule has 0 radical (unpaired) electrons. The van der Waals surface area contributed by atoms with Crippen molar-refractivity contribution in [2.75, 3.05) is 0 Å². The highest BCUT2D eigenvalue weighted by molar-refractivity contribution is 9.10. The van der Waals surface area contributed by atoms with Crippen molar-refractivity contribution in [3.05, 3.63) is 58.3 Å². The SMILES string of the molecule is N=C(N)c1c(F)cccc1Sc1ccc(Br)cc1. The van der Waals surface area contributed by atoms with Crippen LogP contribution in [0.2, 0.25) is 0 Å². The summed E-state index contributed by atoms with van der Waals surface area (Å²) < 4.78 is 14.6. The van der Waals surface area contributed by atoms with Crippen LogP contribution in [0, 0.1) is 11.2 Å². The quantitative estimate of drug-likeness (QED) is 0.661. The molecule has 0 heterocycles. The summed E-state index contributed by atoms with van der Waals surface area (Å²) in [6, 6.07) is 12.3. The summed E-state index contributed by atoms with van der Waals surface area (Å²) in [4.78, 5) is 1.61. The molecule has 0 bridgehead atoms. The fourth-order valence-corrected chi connectivity index (χ4v) is 2.73. The van der Waals surface area contributed by atoms with E-state index in [-0.39, 0.29) is 11.4 Å². The second-order valence-electron chi connectivity index (χ2n) is 3.58. The summed E-state index contributed by atoms with van der Waals surface area (Å²) in [5.41, 5.74) is 5.57. The molecule has 2 aromatic rings. The number of rotatable bonds is 3. The van der Waals surface area contributed by atoms with Crippen LogP contribution in [0.5, 0.6) is 0 Å². The van der Waals surface area contributed by atoms with Gasteiger partial charge < -0.3 is 5.73 Å². The van der Waals surface area contributed by atoms with Crippen molar-refractivity contribution in [3.63, 3.8) is 0 Å². The maximum absolute atomic E-state index is 13.6. The Morgan fingerprint density at radius 2 is 1.83 bits per heavy atom. The molecule has 0 spiro atoms. The van der Waals surface area contributed by atoms with Crippen LogP contribution in [0.25, 0.3) is 0 Å². The van der Waals surface area contributed by atoms with Crippen LogP contribution in [0.4, 0.5) is 4.39 Å². The first-order chi connectivity index (χ1) is 8.58. The summed E-state index contributed by atoms with van der Waals surface area (Å²) in [6.45, 7) is 0. The van der Waals surface area contributed by atoms with Crippen LogP contribution < -0.4 is 5.73 Å². The number of nitrogen functional groups attached to an aromatic ring is 1. The third-order valence-corrected chi connectivity index (χ3v) is 3.88. The highest BCUT2D eigenvalue weighted by Crippen LogP contribution is 2.32. The second kappa shape index (κ2) is 5.54. The van der Waals surface area contributed by atoms with Crippen LogP contribution >= 0.6 is 27.7 Å². The molecule has 2 nitrogen and oxygen atoms in total. The van der Waals surface area contributed by atoms with Crippen molar-refractivity contribution in [1.82, 2.24) is 0 Å². The molecule has 0 saturated heterocycles.